The molecular weight excluding hydrogens is 220 g/mol. The van der Waals surface area contributed by atoms with Crippen molar-refractivity contribution in [3.63, 3.8) is 0 Å². The molecule has 0 aliphatic carbocycles. The van der Waals surface area contributed by atoms with E-state index in [9.17, 15) is 0 Å². The van der Waals surface area contributed by atoms with Gasteiger partial charge in [-0.25, -0.2) is 0 Å². The highest BCUT2D eigenvalue weighted by molar-refractivity contribution is 5.65. The molecule has 2 N–H and O–H groups in total. The molecule has 2 aromatic carbocycles. The molecule has 1 unspecified atom stereocenters. The Labute approximate surface area is 108 Å². The lowest BCUT2D eigenvalue weighted by atomic mass is 9.95. The summed E-state index contributed by atoms with van der Waals surface area (Å²) < 4.78 is 0. The highest BCUT2D eigenvalue weighted by atomic mass is 14.9. The first-order valence-corrected chi connectivity index (χ1v) is 6.49. The lowest BCUT2D eigenvalue weighted by Gasteiger charge is -2.25. The second kappa shape index (κ2) is 4.83. The third-order valence-electron chi connectivity index (χ3n) is 3.48. The molecule has 1 aliphatic heterocycles. The second-order valence-corrected chi connectivity index (χ2v) is 4.92. The van der Waals surface area contributed by atoms with Crippen molar-refractivity contribution in [3.05, 3.63) is 59.7 Å². The Kier molecular flexibility index (Phi) is 3.03. The standard InChI is InChI=1S/C16H18N2/c1-12-10-15-13(11-17-12)6-5-9-16(15)18-14-7-3-2-4-8-14/h2-9,12,17-18H,10-11H2,1H3. The predicted molar refractivity (Wildman–Crippen MR) is 76.2 cm³/mol. The molecule has 2 nitrogen and oxygen atoms in total. The summed E-state index contributed by atoms with van der Waals surface area (Å²) in [6.45, 7) is 3.21. The fourth-order valence-corrected chi connectivity index (χ4v) is 2.50. The van der Waals surface area contributed by atoms with Gasteiger partial charge in [0.25, 0.3) is 0 Å². The Hall–Kier alpha value is -1.80. The van der Waals surface area contributed by atoms with Crippen molar-refractivity contribution in [2.45, 2.75) is 25.9 Å². The van der Waals surface area contributed by atoms with Crippen molar-refractivity contribution in [2.75, 3.05) is 5.32 Å². The molecule has 0 aromatic heterocycles. The second-order valence-electron chi connectivity index (χ2n) is 4.92. The monoisotopic (exact) mass is 238 g/mol. The third kappa shape index (κ3) is 2.24. The first-order valence-electron chi connectivity index (χ1n) is 6.49. The van der Waals surface area contributed by atoms with Crippen LogP contribution in [0.2, 0.25) is 0 Å². The summed E-state index contributed by atoms with van der Waals surface area (Å²) in [7, 11) is 0. The third-order valence-corrected chi connectivity index (χ3v) is 3.48. The number of hydrogen-bond donors (Lipinski definition) is 2. The van der Waals surface area contributed by atoms with Crippen molar-refractivity contribution < 1.29 is 0 Å². The first kappa shape index (κ1) is 11.3. The molecule has 0 fully saturated rings. The molecule has 1 aliphatic rings. The van der Waals surface area contributed by atoms with Crippen LogP contribution >= 0.6 is 0 Å². The van der Waals surface area contributed by atoms with E-state index in [1.54, 1.807) is 0 Å². The van der Waals surface area contributed by atoms with Gasteiger partial charge in [-0.15, -0.1) is 0 Å². The number of benzene rings is 2. The lowest BCUT2D eigenvalue weighted by Crippen LogP contribution is -2.33. The van der Waals surface area contributed by atoms with Crippen LogP contribution in [-0.2, 0) is 13.0 Å². The van der Waals surface area contributed by atoms with E-state index in [0.717, 1.165) is 18.7 Å². The van der Waals surface area contributed by atoms with Gasteiger partial charge in [0.2, 0.25) is 0 Å². The summed E-state index contributed by atoms with van der Waals surface area (Å²) in [5, 5.41) is 7.03. The molecule has 2 aromatic rings. The minimum Gasteiger partial charge on any atom is -0.355 e. The van der Waals surface area contributed by atoms with Gasteiger partial charge in [-0.2, -0.15) is 0 Å². The Bertz CT molecular complexity index is 534. The van der Waals surface area contributed by atoms with Crippen LogP contribution in [0.5, 0.6) is 0 Å². The van der Waals surface area contributed by atoms with Crippen LogP contribution in [0.15, 0.2) is 48.5 Å². The van der Waals surface area contributed by atoms with Crippen molar-refractivity contribution in [3.8, 4) is 0 Å². The molecular formula is C16H18N2. The average Bonchev–Trinajstić information content (AvgIpc) is 2.41. The van der Waals surface area contributed by atoms with Crippen molar-refractivity contribution in [1.29, 1.82) is 0 Å². The number of fused-ring (bicyclic) bond motifs is 1. The van der Waals surface area contributed by atoms with Gasteiger partial charge in [0.05, 0.1) is 0 Å². The Balaban J connectivity index is 1.93. The maximum absolute atomic E-state index is 3.52. The van der Waals surface area contributed by atoms with Crippen molar-refractivity contribution in [2.24, 2.45) is 0 Å². The van der Waals surface area contributed by atoms with E-state index >= 15 is 0 Å². The van der Waals surface area contributed by atoms with Crippen LogP contribution in [0.4, 0.5) is 11.4 Å². The zero-order valence-corrected chi connectivity index (χ0v) is 10.6. The SMILES string of the molecule is CC1Cc2c(cccc2Nc2ccccc2)CN1. The summed E-state index contributed by atoms with van der Waals surface area (Å²) in [6, 6.07) is 17.4. The highest BCUT2D eigenvalue weighted by Crippen LogP contribution is 2.27. The van der Waals surface area contributed by atoms with Crippen molar-refractivity contribution >= 4 is 11.4 Å². The molecule has 0 saturated heterocycles. The van der Waals surface area contributed by atoms with Crippen LogP contribution < -0.4 is 10.6 Å². The van der Waals surface area contributed by atoms with Gasteiger partial charge in [0, 0.05) is 24.0 Å². The van der Waals surface area contributed by atoms with E-state index in [1.165, 1.54) is 16.8 Å². The van der Waals surface area contributed by atoms with Crippen LogP contribution in [0, 0.1) is 0 Å². The fourth-order valence-electron chi connectivity index (χ4n) is 2.50. The number of hydrogen-bond acceptors (Lipinski definition) is 2. The van der Waals surface area contributed by atoms with E-state index in [4.69, 9.17) is 0 Å². The van der Waals surface area contributed by atoms with Crippen LogP contribution in [0.3, 0.4) is 0 Å². The lowest BCUT2D eigenvalue weighted by molar-refractivity contribution is 0.514. The molecule has 18 heavy (non-hydrogen) atoms. The van der Waals surface area contributed by atoms with Crippen LogP contribution in [0.25, 0.3) is 0 Å². The normalized spacial score (nSPS) is 18.2. The number of nitrogens with one attached hydrogen (secondary N) is 2. The van der Waals surface area contributed by atoms with Gasteiger partial charge in [0.15, 0.2) is 0 Å². The summed E-state index contributed by atoms with van der Waals surface area (Å²) in [4.78, 5) is 0. The predicted octanol–water partition coefficient (Wildman–Crippen LogP) is 3.46. The summed E-state index contributed by atoms with van der Waals surface area (Å²) in [5.41, 5.74) is 5.26. The molecule has 0 bridgehead atoms. The quantitative estimate of drug-likeness (QED) is 0.837. The highest BCUT2D eigenvalue weighted by Gasteiger charge is 2.16. The van der Waals surface area contributed by atoms with Crippen LogP contribution in [-0.4, -0.2) is 6.04 Å². The zero-order chi connectivity index (χ0) is 12.4. The van der Waals surface area contributed by atoms with E-state index < -0.39 is 0 Å². The zero-order valence-electron chi connectivity index (χ0n) is 10.6. The van der Waals surface area contributed by atoms with Gasteiger partial charge >= 0.3 is 0 Å². The molecule has 1 atom stereocenters. The van der Waals surface area contributed by atoms with Gasteiger partial charge in [-0.1, -0.05) is 30.3 Å². The summed E-state index contributed by atoms with van der Waals surface area (Å²) >= 11 is 0. The fraction of sp³-hybridized carbons (Fsp3) is 0.250. The van der Waals surface area contributed by atoms with Gasteiger partial charge in [-0.3, -0.25) is 0 Å². The summed E-state index contributed by atoms with van der Waals surface area (Å²) in [6.07, 6.45) is 1.09. The minimum absolute atomic E-state index is 0.552. The van der Waals surface area contributed by atoms with E-state index in [0.29, 0.717) is 6.04 Å². The molecule has 0 radical (unpaired) electrons. The van der Waals surface area contributed by atoms with Crippen molar-refractivity contribution in [1.82, 2.24) is 5.32 Å². The number of rotatable bonds is 2. The smallest absolute Gasteiger partial charge is 0.0420 e. The molecule has 2 heteroatoms. The molecule has 0 spiro atoms. The minimum atomic E-state index is 0.552. The van der Waals surface area contributed by atoms with E-state index in [1.807, 2.05) is 6.07 Å². The largest absolute Gasteiger partial charge is 0.355 e. The molecule has 92 valence electrons. The topological polar surface area (TPSA) is 24.1 Å². The van der Waals surface area contributed by atoms with Gasteiger partial charge < -0.3 is 10.6 Å². The number of anilines is 2. The Morgan fingerprint density at radius 3 is 2.72 bits per heavy atom. The maximum atomic E-state index is 3.52. The average molecular weight is 238 g/mol. The van der Waals surface area contributed by atoms with Crippen LogP contribution in [0.1, 0.15) is 18.1 Å². The van der Waals surface area contributed by atoms with E-state index in [2.05, 4.69) is 60.0 Å². The molecule has 1 heterocycles. The molecule has 0 amide bonds. The molecule has 3 rings (SSSR count). The molecule has 0 saturated carbocycles. The number of para-hydroxylation sites is 1. The maximum Gasteiger partial charge on any atom is 0.0420 e. The van der Waals surface area contributed by atoms with Gasteiger partial charge in [0.1, 0.15) is 0 Å². The van der Waals surface area contributed by atoms with Gasteiger partial charge in [-0.05, 0) is 42.7 Å². The Morgan fingerprint density at radius 1 is 1.06 bits per heavy atom. The van der Waals surface area contributed by atoms with E-state index in [-0.39, 0.29) is 0 Å². The summed E-state index contributed by atoms with van der Waals surface area (Å²) in [5.74, 6) is 0. The first-order chi connectivity index (χ1) is 8.83. The Morgan fingerprint density at radius 2 is 1.89 bits per heavy atom.